The highest BCUT2D eigenvalue weighted by molar-refractivity contribution is 8.01. The molecule has 0 saturated carbocycles. The maximum atomic E-state index is 12.8. The first-order valence-electron chi connectivity index (χ1n) is 6.46. The lowest BCUT2D eigenvalue weighted by atomic mass is 10.2. The molecule has 0 atom stereocenters. The van der Waals surface area contributed by atoms with Crippen molar-refractivity contribution in [1.82, 2.24) is 9.71 Å². The van der Waals surface area contributed by atoms with Gasteiger partial charge in [0.1, 0.15) is 5.60 Å². The number of amides is 1. The summed E-state index contributed by atoms with van der Waals surface area (Å²) >= 11 is 0. The minimum Gasteiger partial charge on any atom is -0.443 e. The molecule has 3 N–H and O–H groups in total. The molecule has 114 valence electrons. The number of nitrogens with one attached hydrogen (secondary N) is 1. The molecule has 0 spiro atoms. The summed E-state index contributed by atoms with van der Waals surface area (Å²) in [7, 11) is -3.05. The molecule has 1 amide bonds. The highest BCUT2D eigenvalue weighted by Crippen LogP contribution is 2.17. The fourth-order valence-corrected chi connectivity index (χ4v) is 3.08. The molecule has 0 fully saturated rings. The molecule has 0 aromatic carbocycles. The van der Waals surface area contributed by atoms with Gasteiger partial charge in [-0.15, -0.1) is 0 Å². The predicted molar refractivity (Wildman–Crippen MR) is 79.8 cm³/mol. The van der Waals surface area contributed by atoms with E-state index in [1.165, 1.54) is 6.20 Å². The van der Waals surface area contributed by atoms with Crippen LogP contribution in [0.4, 0.5) is 4.79 Å². The van der Waals surface area contributed by atoms with Crippen LogP contribution in [0, 0.1) is 0 Å². The fraction of sp³-hybridized carbons (Fsp3) is 0.538. The Morgan fingerprint density at radius 3 is 2.50 bits per heavy atom. The van der Waals surface area contributed by atoms with Gasteiger partial charge in [0.15, 0.2) is 0 Å². The lowest BCUT2D eigenvalue weighted by molar-refractivity contribution is 0.0571. The summed E-state index contributed by atoms with van der Waals surface area (Å²) in [6, 6.07) is 3.38. The number of thiol groups is 1. The van der Waals surface area contributed by atoms with Gasteiger partial charge < -0.3 is 10.5 Å². The van der Waals surface area contributed by atoms with Crippen molar-refractivity contribution in [3.63, 3.8) is 0 Å². The zero-order valence-corrected chi connectivity index (χ0v) is 13.2. The third-order valence-electron chi connectivity index (χ3n) is 2.55. The van der Waals surface area contributed by atoms with Gasteiger partial charge in [0.2, 0.25) is 0 Å². The molecular weight excluding hydrogens is 278 g/mol. The lowest BCUT2D eigenvalue weighted by Gasteiger charge is -2.26. The molecule has 0 saturated heterocycles. The van der Waals surface area contributed by atoms with Crippen LogP contribution >= 0.6 is 0 Å². The molecule has 20 heavy (non-hydrogen) atoms. The molecule has 1 heterocycles. The topological polar surface area (TPSA) is 94.3 Å². The van der Waals surface area contributed by atoms with Crippen molar-refractivity contribution in [2.45, 2.75) is 44.7 Å². The second kappa shape index (κ2) is 6.32. The SMILES string of the molecule is CC[SH](=O)(NC(=O)OC(C)(C)C)c1ccc(CN)nc1. The Kier molecular flexibility index (Phi) is 5.24. The number of rotatable bonds is 4. The van der Waals surface area contributed by atoms with E-state index in [1.54, 1.807) is 39.8 Å². The number of pyridine rings is 1. The van der Waals surface area contributed by atoms with Gasteiger partial charge in [-0.05, 0) is 43.0 Å². The smallest absolute Gasteiger partial charge is 0.418 e. The third-order valence-corrected chi connectivity index (χ3v) is 5.08. The number of aromatic nitrogens is 1. The average molecular weight is 301 g/mol. The van der Waals surface area contributed by atoms with Gasteiger partial charge in [-0.3, -0.25) is 13.9 Å². The van der Waals surface area contributed by atoms with Crippen molar-refractivity contribution in [2.24, 2.45) is 5.73 Å². The van der Waals surface area contributed by atoms with Gasteiger partial charge in [0.05, 0.1) is 10.6 Å². The Morgan fingerprint density at radius 2 is 2.10 bits per heavy atom. The molecule has 7 heteroatoms. The van der Waals surface area contributed by atoms with E-state index in [0.29, 0.717) is 17.1 Å². The maximum absolute atomic E-state index is 12.8. The predicted octanol–water partition coefficient (Wildman–Crippen LogP) is 1.38. The third kappa shape index (κ3) is 4.57. The standard InChI is InChI=1S/C13H23N3O3S/c1-5-20(18,16-12(17)19-13(2,3)4)11-7-6-10(8-14)15-9-11/h6-7,9,20H,5,8,14H2,1-4H3,(H,16,17,18). The Bertz CT molecular complexity index is 509. The van der Waals surface area contributed by atoms with E-state index >= 15 is 0 Å². The Labute approximate surface area is 120 Å². The number of nitrogens with zero attached hydrogens (tertiary/aromatic N) is 1. The highest BCUT2D eigenvalue weighted by Gasteiger charge is 2.23. The van der Waals surface area contributed by atoms with Crippen molar-refractivity contribution in [3.05, 3.63) is 24.0 Å². The largest absolute Gasteiger partial charge is 0.443 e. The Balaban J connectivity index is 2.91. The quantitative estimate of drug-likeness (QED) is 0.730. The average Bonchev–Trinajstić information content (AvgIpc) is 2.36. The molecular formula is C13H23N3O3S. The number of ether oxygens (including phenoxy) is 1. The van der Waals surface area contributed by atoms with Crippen LogP contribution in [0.2, 0.25) is 0 Å². The van der Waals surface area contributed by atoms with Crippen LogP contribution < -0.4 is 10.5 Å². The van der Waals surface area contributed by atoms with Crippen LogP contribution in [0.5, 0.6) is 0 Å². The van der Waals surface area contributed by atoms with Gasteiger partial charge in [0.25, 0.3) is 0 Å². The normalized spacial score (nSPS) is 12.8. The molecule has 0 bridgehead atoms. The van der Waals surface area contributed by atoms with E-state index in [2.05, 4.69) is 9.71 Å². The Morgan fingerprint density at radius 1 is 1.45 bits per heavy atom. The summed E-state index contributed by atoms with van der Waals surface area (Å²) in [5, 5.41) is 0. The van der Waals surface area contributed by atoms with Crippen molar-refractivity contribution in [1.29, 1.82) is 0 Å². The van der Waals surface area contributed by atoms with Crippen LogP contribution in [0.3, 0.4) is 0 Å². The molecule has 0 radical (unpaired) electrons. The number of hydrogen-bond acceptors (Lipinski definition) is 5. The molecule has 0 unspecified atom stereocenters. The lowest BCUT2D eigenvalue weighted by Crippen LogP contribution is -2.41. The highest BCUT2D eigenvalue weighted by atomic mass is 32.3. The van der Waals surface area contributed by atoms with Gasteiger partial charge in [-0.2, -0.15) is 0 Å². The number of carbonyl (C=O) groups excluding carboxylic acids is 1. The van der Waals surface area contributed by atoms with Crippen LogP contribution in [0.25, 0.3) is 0 Å². The monoisotopic (exact) mass is 301 g/mol. The molecule has 1 aromatic heterocycles. The number of hydrogen-bond donors (Lipinski definition) is 3. The van der Waals surface area contributed by atoms with E-state index in [1.807, 2.05) is 0 Å². The van der Waals surface area contributed by atoms with Crippen molar-refractivity contribution < 1.29 is 13.7 Å². The van der Waals surface area contributed by atoms with Crippen LogP contribution in [0.15, 0.2) is 23.2 Å². The first kappa shape index (κ1) is 16.6. The van der Waals surface area contributed by atoms with E-state index in [9.17, 15) is 9.00 Å². The number of nitrogens with two attached hydrogens (primary N) is 1. The van der Waals surface area contributed by atoms with Crippen LogP contribution in [0.1, 0.15) is 33.4 Å². The Hall–Kier alpha value is -1.47. The fourth-order valence-electron chi connectivity index (χ4n) is 1.53. The summed E-state index contributed by atoms with van der Waals surface area (Å²) in [6.45, 7) is 7.31. The minimum absolute atomic E-state index is 0.288. The zero-order valence-electron chi connectivity index (χ0n) is 12.3. The van der Waals surface area contributed by atoms with Crippen molar-refractivity contribution in [2.75, 3.05) is 5.75 Å². The summed E-state index contributed by atoms with van der Waals surface area (Å²) in [4.78, 5) is 16.4. The van der Waals surface area contributed by atoms with E-state index in [4.69, 9.17) is 10.5 Å². The molecule has 0 aliphatic heterocycles. The second-order valence-corrected chi connectivity index (χ2v) is 8.23. The van der Waals surface area contributed by atoms with Gasteiger partial charge in [-0.25, -0.2) is 4.79 Å². The van der Waals surface area contributed by atoms with E-state index in [0.717, 1.165) is 0 Å². The van der Waals surface area contributed by atoms with Crippen molar-refractivity contribution in [3.8, 4) is 0 Å². The van der Waals surface area contributed by atoms with Crippen molar-refractivity contribution >= 4 is 16.2 Å². The summed E-state index contributed by atoms with van der Waals surface area (Å²) < 4.78 is 20.4. The van der Waals surface area contributed by atoms with Crippen LogP contribution in [-0.2, 0) is 21.4 Å². The maximum Gasteiger partial charge on any atom is 0.418 e. The minimum atomic E-state index is -3.05. The zero-order chi connectivity index (χ0) is 15.4. The number of carbonyl (C=O) groups is 1. The summed E-state index contributed by atoms with van der Waals surface area (Å²) in [5.41, 5.74) is 5.54. The second-order valence-electron chi connectivity index (χ2n) is 5.38. The van der Waals surface area contributed by atoms with E-state index in [-0.39, 0.29) is 5.75 Å². The van der Waals surface area contributed by atoms with Gasteiger partial charge in [-0.1, -0.05) is 6.92 Å². The molecule has 1 aromatic rings. The molecule has 6 nitrogen and oxygen atoms in total. The first-order chi connectivity index (χ1) is 9.20. The first-order valence-corrected chi connectivity index (χ1v) is 8.35. The molecule has 1 rings (SSSR count). The van der Waals surface area contributed by atoms with Crippen LogP contribution in [-0.4, -0.2) is 26.6 Å². The summed E-state index contributed by atoms with van der Waals surface area (Å²) in [5.74, 6) is 0.288. The van der Waals surface area contributed by atoms with E-state index < -0.39 is 21.8 Å². The summed E-state index contributed by atoms with van der Waals surface area (Å²) in [6.07, 6.45) is 0.801. The van der Waals surface area contributed by atoms with Gasteiger partial charge in [0, 0.05) is 18.5 Å². The molecule has 0 aliphatic carbocycles. The molecule has 0 aliphatic rings. The van der Waals surface area contributed by atoms with Gasteiger partial charge >= 0.3 is 6.09 Å².